The number of aliphatic hydroxyl groups is 1. The van der Waals surface area contributed by atoms with Crippen molar-refractivity contribution in [3.63, 3.8) is 0 Å². The topological polar surface area (TPSA) is 75.4 Å². The molecule has 0 unspecified atom stereocenters. The zero-order valence-corrected chi connectivity index (χ0v) is 11.5. The van der Waals surface area contributed by atoms with E-state index in [9.17, 15) is 8.42 Å². The van der Waals surface area contributed by atoms with Crippen molar-refractivity contribution in [3.05, 3.63) is 24.7 Å². The number of hydrogen-bond acceptors (Lipinski definition) is 4. The van der Waals surface area contributed by atoms with Crippen LogP contribution in [0.3, 0.4) is 0 Å². The molecule has 1 rings (SSSR count). The summed E-state index contributed by atoms with van der Waals surface area (Å²) in [6, 6.07) is 0. The Morgan fingerprint density at radius 1 is 1.61 bits per heavy atom. The van der Waals surface area contributed by atoms with Crippen LogP contribution < -0.4 is 0 Å². The van der Waals surface area contributed by atoms with Crippen LogP contribution in [0.15, 0.2) is 23.9 Å². The third kappa shape index (κ3) is 2.98. The lowest BCUT2D eigenvalue weighted by molar-refractivity contribution is 0.260. The number of aromatic nitrogens is 2. The standard InChI is InChI=1S/C11H19N3O3S/c1-4-6-14(7-8-15)18(16,17)11-9-13(5-2)10(3)12-11/h4,9,15H,1,5-8H2,2-3H3. The summed E-state index contributed by atoms with van der Waals surface area (Å²) in [5.74, 6) is 0.652. The monoisotopic (exact) mass is 273 g/mol. The molecule has 0 atom stereocenters. The molecule has 1 aromatic heterocycles. The molecule has 0 radical (unpaired) electrons. The van der Waals surface area contributed by atoms with Gasteiger partial charge in [-0.1, -0.05) is 6.08 Å². The number of aryl methyl sites for hydroxylation is 2. The first-order valence-electron chi connectivity index (χ1n) is 5.73. The highest BCUT2D eigenvalue weighted by Crippen LogP contribution is 2.15. The Morgan fingerprint density at radius 3 is 2.72 bits per heavy atom. The molecule has 0 spiro atoms. The summed E-state index contributed by atoms with van der Waals surface area (Å²) in [5, 5.41) is 8.92. The van der Waals surface area contributed by atoms with Crippen molar-refractivity contribution in [1.82, 2.24) is 13.9 Å². The van der Waals surface area contributed by atoms with E-state index in [1.807, 2.05) is 6.92 Å². The van der Waals surface area contributed by atoms with Gasteiger partial charge in [0.2, 0.25) is 0 Å². The summed E-state index contributed by atoms with van der Waals surface area (Å²) in [7, 11) is -3.67. The van der Waals surface area contributed by atoms with Gasteiger partial charge in [0.15, 0.2) is 5.03 Å². The van der Waals surface area contributed by atoms with Crippen LogP contribution in [0, 0.1) is 6.92 Å². The minimum absolute atomic E-state index is 0.0113. The van der Waals surface area contributed by atoms with Crippen molar-refractivity contribution in [2.75, 3.05) is 19.7 Å². The van der Waals surface area contributed by atoms with Crippen LogP contribution in [0.25, 0.3) is 0 Å². The van der Waals surface area contributed by atoms with Crippen LogP contribution in [0.5, 0.6) is 0 Å². The van der Waals surface area contributed by atoms with Gasteiger partial charge in [-0.15, -0.1) is 6.58 Å². The number of nitrogens with zero attached hydrogens (tertiary/aromatic N) is 3. The van der Waals surface area contributed by atoms with Gasteiger partial charge in [0.05, 0.1) is 6.61 Å². The molecule has 102 valence electrons. The van der Waals surface area contributed by atoms with Crippen molar-refractivity contribution in [2.24, 2.45) is 0 Å². The summed E-state index contributed by atoms with van der Waals surface area (Å²) >= 11 is 0. The maximum absolute atomic E-state index is 12.3. The predicted octanol–water partition coefficient (Wildman–Crippen LogP) is 0.380. The van der Waals surface area contributed by atoms with Gasteiger partial charge in [-0.05, 0) is 13.8 Å². The van der Waals surface area contributed by atoms with Gasteiger partial charge in [-0.3, -0.25) is 0 Å². The third-order valence-corrected chi connectivity index (χ3v) is 4.32. The minimum Gasteiger partial charge on any atom is -0.395 e. The minimum atomic E-state index is -3.67. The lowest BCUT2D eigenvalue weighted by Gasteiger charge is -2.17. The summed E-state index contributed by atoms with van der Waals surface area (Å²) in [5.41, 5.74) is 0. The molecule has 1 aromatic rings. The van der Waals surface area contributed by atoms with E-state index in [4.69, 9.17) is 5.11 Å². The Labute approximate surface area is 108 Å². The second-order valence-electron chi connectivity index (χ2n) is 3.79. The highest BCUT2D eigenvalue weighted by Gasteiger charge is 2.26. The third-order valence-electron chi connectivity index (χ3n) is 2.58. The van der Waals surface area contributed by atoms with Crippen molar-refractivity contribution in [2.45, 2.75) is 25.4 Å². The van der Waals surface area contributed by atoms with Crippen molar-refractivity contribution in [3.8, 4) is 0 Å². The zero-order chi connectivity index (χ0) is 13.8. The van der Waals surface area contributed by atoms with E-state index in [2.05, 4.69) is 11.6 Å². The quantitative estimate of drug-likeness (QED) is 0.729. The average molecular weight is 273 g/mol. The van der Waals surface area contributed by atoms with Gasteiger partial charge in [0, 0.05) is 25.8 Å². The second kappa shape index (κ2) is 6.12. The number of imidazole rings is 1. The van der Waals surface area contributed by atoms with Crippen LogP contribution >= 0.6 is 0 Å². The maximum atomic E-state index is 12.3. The van der Waals surface area contributed by atoms with Crippen LogP contribution in [0.4, 0.5) is 0 Å². The lowest BCUT2D eigenvalue weighted by Crippen LogP contribution is -2.34. The molecule has 6 nitrogen and oxygen atoms in total. The van der Waals surface area contributed by atoms with Crippen LogP contribution in [-0.4, -0.2) is 47.1 Å². The Bertz CT molecular complexity index is 508. The molecule has 0 amide bonds. The Kier molecular flexibility index (Phi) is 5.06. The fourth-order valence-electron chi connectivity index (χ4n) is 1.62. The van der Waals surface area contributed by atoms with E-state index in [1.54, 1.807) is 11.5 Å². The van der Waals surface area contributed by atoms with E-state index in [-0.39, 0.29) is 24.7 Å². The Hall–Kier alpha value is -1.18. The number of aliphatic hydroxyl groups excluding tert-OH is 1. The largest absolute Gasteiger partial charge is 0.395 e. The molecule has 1 N–H and O–H groups in total. The first-order valence-corrected chi connectivity index (χ1v) is 7.17. The fraction of sp³-hybridized carbons (Fsp3) is 0.545. The molecular weight excluding hydrogens is 254 g/mol. The molecule has 0 saturated heterocycles. The molecule has 0 aliphatic heterocycles. The molecule has 0 aliphatic carbocycles. The van der Waals surface area contributed by atoms with E-state index >= 15 is 0 Å². The number of rotatable bonds is 7. The first-order chi connectivity index (χ1) is 8.47. The SMILES string of the molecule is C=CCN(CCO)S(=O)(=O)c1cn(CC)c(C)n1. The van der Waals surface area contributed by atoms with Gasteiger partial charge in [-0.2, -0.15) is 4.31 Å². The van der Waals surface area contributed by atoms with E-state index in [0.717, 1.165) is 4.31 Å². The van der Waals surface area contributed by atoms with E-state index in [0.29, 0.717) is 12.4 Å². The lowest BCUT2D eigenvalue weighted by atomic mass is 10.6. The zero-order valence-electron chi connectivity index (χ0n) is 10.7. The smallest absolute Gasteiger partial charge is 0.262 e. The molecule has 0 aliphatic rings. The van der Waals surface area contributed by atoms with Gasteiger partial charge >= 0.3 is 0 Å². The summed E-state index contributed by atoms with van der Waals surface area (Å²) in [6.07, 6.45) is 3.00. The van der Waals surface area contributed by atoms with E-state index in [1.165, 1.54) is 12.3 Å². The molecule has 1 heterocycles. The molecular formula is C11H19N3O3S. The molecule has 0 fully saturated rings. The van der Waals surface area contributed by atoms with Gasteiger partial charge in [-0.25, -0.2) is 13.4 Å². The molecule has 18 heavy (non-hydrogen) atoms. The van der Waals surface area contributed by atoms with E-state index < -0.39 is 10.0 Å². The predicted molar refractivity (Wildman–Crippen MR) is 68.7 cm³/mol. The summed E-state index contributed by atoms with van der Waals surface area (Å²) in [6.45, 7) is 7.80. The van der Waals surface area contributed by atoms with Gasteiger partial charge < -0.3 is 9.67 Å². The van der Waals surface area contributed by atoms with Crippen molar-refractivity contribution in [1.29, 1.82) is 0 Å². The highest BCUT2D eigenvalue weighted by atomic mass is 32.2. The van der Waals surface area contributed by atoms with Crippen LogP contribution in [0.1, 0.15) is 12.7 Å². The normalized spacial score (nSPS) is 12.0. The van der Waals surface area contributed by atoms with Gasteiger partial charge in [0.25, 0.3) is 10.0 Å². The molecule has 0 aromatic carbocycles. The van der Waals surface area contributed by atoms with Gasteiger partial charge in [0.1, 0.15) is 5.82 Å². The second-order valence-corrected chi connectivity index (χ2v) is 5.67. The number of sulfonamides is 1. The first kappa shape index (κ1) is 14.9. The number of hydrogen-bond donors (Lipinski definition) is 1. The fourth-order valence-corrected chi connectivity index (χ4v) is 3.02. The molecule has 0 bridgehead atoms. The highest BCUT2D eigenvalue weighted by molar-refractivity contribution is 7.89. The summed E-state index contributed by atoms with van der Waals surface area (Å²) < 4.78 is 27.5. The van der Waals surface area contributed by atoms with Crippen LogP contribution in [0.2, 0.25) is 0 Å². The van der Waals surface area contributed by atoms with Crippen LogP contribution in [-0.2, 0) is 16.6 Å². The average Bonchev–Trinajstić information content (AvgIpc) is 2.71. The maximum Gasteiger partial charge on any atom is 0.262 e. The Balaban J connectivity index is 3.12. The summed E-state index contributed by atoms with van der Waals surface area (Å²) in [4.78, 5) is 4.06. The molecule has 7 heteroatoms. The molecule has 0 saturated carbocycles. The van der Waals surface area contributed by atoms with Crippen molar-refractivity contribution < 1.29 is 13.5 Å². The van der Waals surface area contributed by atoms with Crippen molar-refractivity contribution >= 4 is 10.0 Å². The Morgan fingerprint density at radius 2 is 2.28 bits per heavy atom.